The minimum atomic E-state index is 0.649. The molecule has 0 saturated carbocycles. The van der Waals surface area contributed by atoms with Crippen molar-refractivity contribution >= 4 is 11.4 Å². The lowest BCUT2D eigenvalue weighted by molar-refractivity contribution is 0.266. The van der Waals surface area contributed by atoms with Crippen LogP contribution in [0.25, 0.3) is 0 Å². The summed E-state index contributed by atoms with van der Waals surface area (Å²) >= 11 is 0. The molecule has 118 valence electrons. The standard InChI is InChI=1S/C17H29N3O/c1-4-7-21-17-9-15(18)8-16(10-17)19-11-14-5-6-20(12-14)13(2)3/h8-10,13-14,19H,4-7,11-12,18H2,1-3H3. The third kappa shape index (κ3) is 4.81. The van der Waals surface area contributed by atoms with Gasteiger partial charge < -0.3 is 20.7 Å². The molecule has 1 aliphatic heterocycles. The fraction of sp³-hybridized carbons (Fsp3) is 0.647. The number of rotatable bonds is 7. The Morgan fingerprint density at radius 1 is 1.38 bits per heavy atom. The number of ether oxygens (including phenoxy) is 1. The summed E-state index contributed by atoms with van der Waals surface area (Å²) in [5.41, 5.74) is 7.76. The molecule has 1 aromatic rings. The third-order valence-electron chi connectivity index (χ3n) is 4.04. The Balaban J connectivity index is 1.87. The molecule has 0 radical (unpaired) electrons. The predicted octanol–water partition coefficient (Wildman–Crippen LogP) is 3.20. The maximum atomic E-state index is 5.95. The molecular formula is C17H29N3O. The van der Waals surface area contributed by atoms with Gasteiger partial charge in [-0.1, -0.05) is 6.92 Å². The van der Waals surface area contributed by atoms with Crippen molar-refractivity contribution in [2.75, 3.05) is 37.3 Å². The topological polar surface area (TPSA) is 50.5 Å². The molecule has 1 fully saturated rings. The van der Waals surface area contributed by atoms with Crippen molar-refractivity contribution in [1.82, 2.24) is 4.90 Å². The van der Waals surface area contributed by atoms with E-state index in [4.69, 9.17) is 10.5 Å². The molecule has 1 unspecified atom stereocenters. The molecule has 2 rings (SSSR count). The van der Waals surface area contributed by atoms with Crippen LogP contribution in [0.4, 0.5) is 11.4 Å². The molecule has 0 spiro atoms. The Hall–Kier alpha value is -1.42. The Kier molecular flexibility index (Phi) is 5.74. The average Bonchev–Trinajstić information content (AvgIpc) is 2.91. The van der Waals surface area contributed by atoms with Gasteiger partial charge in [0.15, 0.2) is 0 Å². The zero-order chi connectivity index (χ0) is 15.2. The van der Waals surface area contributed by atoms with Crippen LogP contribution >= 0.6 is 0 Å². The van der Waals surface area contributed by atoms with Crippen LogP contribution in [0.1, 0.15) is 33.6 Å². The zero-order valence-corrected chi connectivity index (χ0v) is 13.6. The number of anilines is 2. The monoisotopic (exact) mass is 291 g/mol. The van der Waals surface area contributed by atoms with Crippen molar-refractivity contribution < 1.29 is 4.74 Å². The maximum absolute atomic E-state index is 5.95. The van der Waals surface area contributed by atoms with E-state index in [9.17, 15) is 0 Å². The Morgan fingerprint density at radius 2 is 2.19 bits per heavy atom. The first-order chi connectivity index (χ1) is 10.1. The van der Waals surface area contributed by atoms with Crippen LogP contribution in [0.15, 0.2) is 18.2 Å². The second-order valence-electron chi connectivity index (χ2n) is 6.26. The number of nitrogens with two attached hydrogens (primary N) is 1. The van der Waals surface area contributed by atoms with Crippen LogP contribution in [-0.2, 0) is 0 Å². The van der Waals surface area contributed by atoms with Crippen LogP contribution in [0.2, 0.25) is 0 Å². The zero-order valence-electron chi connectivity index (χ0n) is 13.6. The highest BCUT2D eigenvalue weighted by atomic mass is 16.5. The molecule has 1 atom stereocenters. The van der Waals surface area contributed by atoms with E-state index < -0.39 is 0 Å². The Bertz CT molecular complexity index is 448. The molecule has 0 amide bonds. The van der Waals surface area contributed by atoms with Gasteiger partial charge in [0.05, 0.1) is 6.61 Å². The van der Waals surface area contributed by atoms with Gasteiger partial charge in [0, 0.05) is 42.6 Å². The van der Waals surface area contributed by atoms with Crippen LogP contribution in [-0.4, -0.2) is 37.2 Å². The summed E-state index contributed by atoms with van der Waals surface area (Å²) < 4.78 is 5.67. The first-order valence-electron chi connectivity index (χ1n) is 8.09. The number of hydrogen-bond donors (Lipinski definition) is 2. The Morgan fingerprint density at radius 3 is 2.86 bits per heavy atom. The van der Waals surface area contributed by atoms with E-state index in [1.165, 1.54) is 19.5 Å². The first-order valence-corrected chi connectivity index (χ1v) is 8.09. The summed E-state index contributed by atoms with van der Waals surface area (Å²) in [6, 6.07) is 6.56. The SMILES string of the molecule is CCCOc1cc(N)cc(NCC2CCN(C(C)C)C2)c1. The van der Waals surface area contributed by atoms with Crippen molar-refractivity contribution in [3.63, 3.8) is 0 Å². The highest BCUT2D eigenvalue weighted by molar-refractivity contribution is 5.59. The van der Waals surface area contributed by atoms with Gasteiger partial charge in [0.25, 0.3) is 0 Å². The fourth-order valence-electron chi connectivity index (χ4n) is 2.79. The average molecular weight is 291 g/mol. The minimum Gasteiger partial charge on any atom is -0.493 e. The second kappa shape index (κ2) is 7.55. The number of nitrogen functional groups attached to an aromatic ring is 1. The molecule has 1 heterocycles. The molecule has 1 saturated heterocycles. The van der Waals surface area contributed by atoms with Gasteiger partial charge in [-0.3, -0.25) is 0 Å². The minimum absolute atomic E-state index is 0.649. The van der Waals surface area contributed by atoms with E-state index in [1.807, 2.05) is 18.2 Å². The van der Waals surface area contributed by atoms with Crippen molar-refractivity contribution in [3.8, 4) is 5.75 Å². The molecule has 0 bridgehead atoms. The smallest absolute Gasteiger partial charge is 0.123 e. The lowest BCUT2D eigenvalue weighted by Gasteiger charge is -2.20. The molecule has 1 aliphatic rings. The second-order valence-corrected chi connectivity index (χ2v) is 6.26. The van der Waals surface area contributed by atoms with Gasteiger partial charge in [0.2, 0.25) is 0 Å². The first kappa shape index (κ1) is 16.0. The van der Waals surface area contributed by atoms with E-state index in [1.54, 1.807) is 0 Å². The van der Waals surface area contributed by atoms with E-state index in [0.717, 1.165) is 36.7 Å². The van der Waals surface area contributed by atoms with Crippen LogP contribution in [0.5, 0.6) is 5.75 Å². The number of hydrogen-bond acceptors (Lipinski definition) is 4. The van der Waals surface area contributed by atoms with Gasteiger partial charge >= 0.3 is 0 Å². The highest BCUT2D eigenvalue weighted by Crippen LogP contribution is 2.24. The van der Waals surface area contributed by atoms with Gasteiger partial charge in [-0.15, -0.1) is 0 Å². The Labute approximate surface area is 128 Å². The highest BCUT2D eigenvalue weighted by Gasteiger charge is 2.23. The van der Waals surface area contributed by atoms with E-state index in [2.05, 4.69) is 31.0 Å². The van der Waals surface area contributed by atoms with Crippen LogP contribution in [0, 0.1) is 5.92 Å². The summed E-state index contributed by atoms with van der Waals surface area (Å²) in [6.45, 7) is 10.8. The molecule has 4 heteroatoms. The number of nitrogens with one attached hydrogen (secondary N) is 1. The van der Waals surface area contributed by atoms with Gasteiger partial charge in [-0.25, -0.2) is 0 Å². The number of benzene rings is 1. The van der Waals surface area contributed by atoms with Crippen molar-refractivity contribution in [2.45, 2.75) is 39.7 Å². The maximum Gasteiger partial charge on any atom is 0.123 e. The molecule has 0 aliphatic carbocycles. The van der Waals surface area contributed by atoms with Crippen molar-refractivity contribution in [1.29, 1.82) is 0 Å². The lowest BCUT2D eigenvalue weighted by Crippen LogP contribution is -2.29. The van der Waals surface area contributed by atoms with Crippen LogP contribution in [0.3, 0.4) is 0 Å². The number of likely N-dealkylation sites (tertiary alicyclic amines) is 1. The summed E-state index contributed by atoms with van der Waals surface area (Å²) in [5, 5.41) is 3.52. The number of nitrogens with zero attached hydrogens (tertiary/aromatic N) is 1. The summed E-state index contributed by atoms with van der Waals surface area (Å²) in [6.07, 6.45) is 2.28. The van der Waals surface area contributed by atoms with Gasteiger partial charge in [-0.05, 0) is 45.2 Å². The van der Waals surface area contributed by atoms with Gasteiger partial charge in [-0.2, -0.15) is 0 Å². The van der Waals surface area contributed by atoms with E-state index >= 15 is 0 Å². The molecule has 21 heavy (non-hydrogen) atoms. The van der Waals surface area contributed by atoms with Gasteiger partial charge in [0.1, 0.15) is 5.75 Å². The summed E-state index contributed by atoms with van der Waals surface area (Å²) in [5.74, 6) is 1.57. The largest absolute Gasteiger partial charge is 0.493 e. The molecule has 0 aromatic heterocycles. The fourth-order valence-corrected chi connectivity index (χ4v) is 2.79. The summed E-state index contributed by atoms with van der Waals surface area (Å²) in [4.78, 5) is 2.54. The molecule has 3 N–H and O–H groups in total. The predicted molar refractivity (Wildman–Crippen MR) is 89.9 cm³/mol. The van der Waals surface area contributed by atoms with E-state index in [0.29, 0.717) is 12.0 Å². The third-order valence-corrected chi connectivity index (χ3v) is 4.04. The summed E-state index contributed by atoms with van der Waals surface area (Å²) in [7, 11) is 0. The van der Waals surface area contributed by atoms with Crippen molar-refractivity contribution in [3.05, 3.63) is 18.2 Å². The lowest BCUT2D eigenvalue weighted by atomic mass is 10.1. The molecule has 1 aromatic carbocycles. The molecular weight excluding hydrogens is 262 g/mol. The van der Waals surface area contributed by atoms with Crippen molar-refractivity contribution in [2.24, 2.45) is 5.92 Å². The normalized spacial score (nSPS) is 19.1. The molecule has 4 nitrogen and oxygen atoms in total. The van der Waals surface area contributed by atoms with E-state index in [-0.39, 0.29) is 0 Å². The quantitative estimate of drug-likeness (QED) is 0.758. The van der Waals surface area contributed by atoms with Crippen LogP contribution < -0.4 is 15.8 Å².